The van der Waals surface area contributed by atoms with Crippen LogP contribution in [-0.2, 0) is 14.3 Å². The highest BCUT2D eigenvalue weighted by atomic mass is 16.5. The molecule has 1 heterocycles. The smallest absolute Gasteiger partial charge is 0.406 e. The van der Waals surface area contributed by atoms with E-state index in [2.05, 4.69) is 27.3 Å². The van der Waals surface area contributed by atoms with Crippen LogP contribution in [0, 0.1) is 0 Å². The number of methoxy groups -OCH3 is 2. The lowest BCUT2D eigenvalue weighted by molar-refractivity contribution is -0.146. The summed E-state index contributed by atoms with van der Waals surface area (Å²) in [6.07, 6.45) is 1.83. The summed E-state index contributed by atoms with van der Waals surface area (Å²) in [5.41, 5.74) is 2.67. The third kappa shape index (κ3) is 6.61. The molecule has 182 valence electrons. The summed E-state index contributed by atoms with van der Waals surface area (Å²) in [5.74, 6) is 0.751. The van der Waals surface area contributed by atoms with Gasteiger partial charge in [-0.1, -0.05) is 6.58 Å². The van der Waals surface area contributed by atoms with Crippen LogP contribution in [0.4, 0.5) is 10.5 Å². The second-order valence-corrected chi connectivity index (χ2v) is 8.35. The Bertz CT molecular complexity index is 836. The van der Waals surface area contributed by atoms with E-state index in [0.717, 1.165) is 42.0 Å². The average Bonchev–Trinajstić information content (AvgIpc) is 3.68. The number of morpholine rings is 1. The molecule has 1 aliphatic carbocycles. The molecule has 1 saturated carbocycles. The Kier molecular flexibility index (Phi) is 8.96. The predicted molar refractivity (Wildman–Crippen MR) is 127 cm³/mol. The molecule has 9 heteroatoms. The number of hydrogen-bond donors (Lipinski definition) is 3. The zero-order valence-corrected chi connectivity index (χ0v) is 19.8. The number of carbonyl (C=O) groups excluding carboxylic acids is 2. The van der Waals surface area contributed by atoms with E-state index in [0.29, 0.717) is 32.7 Å². The van der Waals surface area contributed by atoms with Crippen molar-refractivity contribution in [3.8, 4) is 5.75 Å². The van der Waals surface area contributed by atoms with E-state index < -0.39 is 12.2 Å². The van der Waals surface area contributed by atoms with Gasteiger partial charge in [-0.3, -0.25) is 4.79 Å². The molecule has 1 saturated heterocycles. The van der Waals surface area contributed by atoms with Gasteiger partial charge in [0.2, 0.25) is 0 Å². The molecule has 1 aromatic rings. The Morgan fingerprint density at radius 3 is 2.73 bits per heavy atom. The first kappa shape index (κ1) is 24.9. The van der Waals surface area contributed by atoms with Crippen molar-refractivity contribution >= 4 is 23.3 Å². The summed E-state index contributed by atoms with van der Waals surface area (Å²) in [6, 6.07) is 5.85. The second kappa shape index (κ2) is 11.9. The van der Waals surface area contributed by atoms with Crippen molar-refractivity contribution < 1.29 is 23.8 Å². The Hall–Kier alpha value is -2.78. The number of anilines is 1. The molecule has 1 aliphatic heterocycles. The molecule has 3 N–H and O–H groups in total. The normalized spacial score (nSPS) is 18.7. The molecule has 2 aliphatic rings. The minimum absolute atomic E-state index is 0.0234. The summed E-state index contributed by atoms with van der Waals surface area (Å²) >= 11 is 0. The molecule has 0 radical (unpaired) electrons. The fourth-order valence-electron chi connectivity index (χ4n) is 3.97. The van der Waals surface area contributed by atoms with Gasteiger partial charge in [-0.25, -0.2) is 4.79 Å². The molecule has 9 nitrogen and oxygen atoms in total. The Labute approximate surface area is 195 Å². The molecule has 3 rings (SSSR count). The van der Waals surface area contributed by atoms with Gasteiger partial charge in [0.1, 0.15) is 11.9 Å². The fraction of sp³-hybridized carbons (Fsp3) is 0.583. The highest BCUT2D eigenvalue weighted by Gasteiger charge is 2.40. The van der Waals surface area contributed by atoms with E-state index in [1.165, 1.54) is 7.11 Å². The average molecular weight is 461 g/mol. The minimum atomic E-state index is -0.453. The molecular formula is C24H36N4O5. The molecule has 0 aromatic heterocycles. The quantitative estimate of drug-likeness (QED) is 0.436. The number of rotatable bonds is 11. The number of carbonyl (C=O) groups is 2. The zero-order chi connectivity index (χ0) is 23.8. The van der Waals surface area contributed by atoms with Crippen molar-refractivity contribution in [2.45, 2.75) is 44.4 Å². The van der Waals surface area contributed by atoms with Crippen molar-refractivity contribution in [2.24, 2.45) is 0 Å². The zero-order valence-electron chi connectivity index (χ0n) is 19.8. The van der Waals surface area contributed by atoms with E-state index in [-0.39, 0.29) is 18.0 Å². The summed E-state index contributed by atoms with van der Waals surface area (Å²) in [5, 5.41) is 9.33. The highest BCUT2D eigenvalue weighted by Crippen LogP contribution is 2.36. The summed E-state index contributed by atoms with van der Waals surface area (Å²) in [7, 11) is 2.97. The van der Waals surface area contributed by atoms with Gasteiger partial charge in [-0.15, -0.1) is 0 Å². The van der Waals surface area contributed by atoms with Crippen LogP contribution in [0.3, 0.4) is 0 Å². The van der Waals surface area contributed by atoms with Crippen LogP contribution in [0.2, 0.25) is 0 Å². The molecule has 33 heavy (non-hydrogen) atoms. The number of alkyl carbamates (subject to hydrolysis) is 1. The van der Waals surface area contributed by atoms with Crippen molar-refractivity contribution in [3.05, 3.63) is 30.3 Å². The van der Waals surface area contributed by atoms with Crippen LogP contribution in [0.25, 0.3) is 5.57 Å². The van der Waals surface area contributed by atoms with Crippen molar-refractivity contribution in [3.63, 3.8) is 0 Å². The van der Waals surface area contributed by atoms with E-state index in [1.54, 1.807) is 7.11 Å². The second-order valence-electron chi connectivity index (χ2n) is 8.35. The number of benzene rings is 1. The molecule has 2 atom stereocenters. The number of nitrogens with zero attached hydrogens (tertiary/aromatic N) is 1. The molecular weight excluding hydrogens is 424 g/mol. The minimum Gasteiger partial charge on any atom is -0.497 e. The maximum Gasteiger partial charge on any atom is 0.406 e. The molecule has 0 unspecified atom stereocenters. The van der Waals surface area contributed by atoms with Gasteiger partial charge in [0.25, 0.3) is 5.91 Å². The van der Waals surface area contributed by atoms with Crippen molar-refractivity contribution in [1.29, 1.82) is 0 Å². The van der Waals surface area contributed by atoms with Gasteiger partial charge in [0, 0.05) is 49.5 Å². The maximum absolute atomic E-state index is 13.3. The Morgan fingerprint density at radius 2 is 2.09 bits per heavy atom. The number of amides is 2. The molecule has 0 bridgehead atoms. The van der Waals surface area contributed by atoms with Crippen LogP contribution in [0.1, 0.15) is 31.7 Å². The predicted octanol–water partition coefficient (Wildman–Crippen LogP) is 2.23. The largest absolute Gasteiger partial charge is 0.497 e. The molecule has 0 spiro atoms. The van der Waals surface area contributed by atoms with Crippen molar-refractivity contribution in [2.75, 3.05) is 52.3 Å². The van der Waals surface area contributed by atoms with Crippen LogP contribution < -0.4 is 20.7 Å². The third-order valence-electron chi connectivity index (χ3n) is 6.02. The lowest BCUT2D eigenvalue weighted by atomic mass is 9.97. The SMILES string of the molecule is C=C(c1ccc(OC)cc1NCCCNC(=O)OC)[C@@H](C)N(C(=O)[C@H]1CNCCO1)C1CC1. The Balaban J connectivity index is 1.71. The van der Waals surface area contributed by atoms with E-state index >= 15 is 0 Å². The number of ether oxygens (including phenoxy) is 3. The first-order valence-electron chi connectivity index (χ1n) is 11.5. The van der Waals surface area contributed by atoms with Gasteiger partial charge in [0.05, 0.1) is 26.9 Å². The van der Waals surface area contributed by atoms with Crippen LogP contribution in [-0.4, -0.2) is 82.1 Å². The fourth-order valence-corrected chi connectivity index (χ4v) is 3.97. The lowest BCUT2D eigenvalue weighted by Crippen LogP contribution is -2.52. The van der Waals surface area contributed by atoms with E-state index in [1.807, 2.05) is 30.0 Å². The lowest BCUT2D eigenvalue weighted by Gasteiger charge is -2.35. The van der Waals surface area contributed by atoms with Crippen LogP contribution in [0.15, 0.2) is 24.8 Å². The number of hydrogen-bond acceptors (Lipinski definition) is 7. The summed E-state index contributed by atoms with van der Waals surface area (Å²) in [4.78, 5) is 26.5. The molecule has 2 amide bonds. The van der Waals surface area contributed by atoms with Crippen LogP contribution in [0.5, 0.6) is 5.75 Å². The van der Waals surface area contributed by atoms with Gasteiger partial charge in [-0.2, -0.15) is 0 Å². The van der Waals surface area contributed by atoms with E-state index in [4.69, 9.17) is 9.47 Å². The van der Waals surface area contributed by atoms with Gasteiger partial charge < -0.3 is 35.1 Å². The monoisotopic (exact) mass is 460 g/mol. The van der Waals surface area contributed by atoms with Crippen molar-refractivity contribution in [1.82, 2.24) is 15.5 Å². The first-order chi connectivity index (χ1) is 16.0. The first-order valence-corrected chi connectivity index (χ1v) is 11.5. The van der Waals surface area contributed by atoms with Gasteiger partial charge in [-0.05, 0) is 43.9 Å². The maximum atomic E-state index is 13.3. The standard InChI is InChI=1S/C24H36N4O5/c1-16(17(2)28(18-6-7-18)23(29)22-15-25-12-13-33-22)20-9-8-19(31-3)14-21(20)26-10-5-11-27-24(30)32-4/h8-9,14,17-18,22,25-26H,1,5-7,10-13,15H2,2-4H3,(H,27,30)/t17-,22-/m1/s1. The molecule has 1 aromatic carbocycles. The van der Waals surface area contributed by atoms with E-state index in [9.17, 15) is 9.59 Å². The summed E-state index contributed by atoms with van der Waals surface area (Å²) < 4.78 is 15.7. The summed E-state index contributed by atoms with van der Waals surface area (Å²) in [6.45, 7) is 9.39. The molecule has 2 fully saturated rings. The van der Waals surface area contributed by atoms with Crippen LogP contribution >= 0.6 is 0 Å². The third-order valence-corrected chi connectivity index (χ3v) is 6.02. The topological polar surface area (TPSA) is 101 Å². The Morgan fingerprint density at radius 1 is 1.30 bits per heavy atom. The number of nitrogens with one attached hydrogen (secondary N) is 3. The van der Waals surface area contributed by atoms with Gasteiger partial charge in [0.15, 0.2) is 0 Å². The van der Waals surface area contributed by atoms with Gasteiger partial charge >= 0.3 is 6.09 Å². The highest BCUT2D eigenvalue weighted by molar-refractivity contribution is 5.86.